The SMILES string of the molecule is CSCC[C@H](NC(=O)c1cc(NC[C@@H]2[C@H](SC(c3ccccc3)(c3ccccc3)c3ccccc3)CCN2C(=O)OC(C)(C)C)ccc1CCc1ccc(F)cc1)C(=O)O. The highest BCUT2D eigenvalue weighted by molar-refractivity contribution is 8.01. The summed E-state index contributed by atoms with van der Waals surface area (Å²) in [4.78, 5) is 41.9. The van der Waals surface area contributed by atoms with Gasteiger partial charge in [0.1, 0.15) is 17.5 Å². The van der Waals surface area contributed by atoms with Crippen molar-refractivity contribution in [2.24, 2.45) is 0 Å². The summed E-state index contributed by atoms with van der Waals surface area (Å²) in [7, 11) is 0. The number of thioether (sulfide) groups is 2. The zero-order valence-electron chi connectivity index (χ0n) is 34.6. The molecule has 5 aromatic carbocycles. The normalized spacial score (nSPS) is 15.9. The standard InChI is InChI=1S/C49H54FN3O5S2/c1-48(2,3)58-47(57)53-30-28-44(60-49(36-14-8-5-9-15-36,37-16-10-6-11-17-37)38-18-12-7-13-19-38)43(53)33-51-40-27-24-35(23-20-34-21-25-39(50)26-22-34)41(32-40)45(54)52-42(46(55)56)29-31-59-4/h5-19,21-22,24-27,32,42-44,51H,20,23,28-31,33H2,1-4H3,(H,52,54)(H,55,56)/t42-,43+,44+/m0/s1. The molecule has 3 N–H and O–H groups in total. The molecule has 8 nitrogen and oxygen atoms in total. The van der Waals surface area contributed by atoms with Crippen molar-refractivity contribution in [2.45, 2.75) is 74.1 Å². The zero-order valence-corrected chi connectivity index (χ0v) is 36.2. The van der Waals surface area contributed by atoms with Gasteiger partial charge in [-0.25, -0.2) is 14.0 Å². The molecule has 1 aliphatic rings. The van der Waals surface area contributed by atoms with Gasteiger partial charge in [0, 0.05) is 29.6 Å². The molecule has 3 atom stereocenters. The highest BCUT2D eigenvalue weighted by atomic mass is 32.2. The molecule has 60 heavy (non-hydrogen) atoms. The Kier molecular flexibility index (Phi) is 15.0. The molecule has 0 saturated carbocycles. The fourth-order valence-corrected chi connectivity index (χ4v) is 10.1. The summed E-state index contributed by atoms with van der Waals surface area (Å²) >= 11 is 3.35. The van der Waals surface area contributed by atoms with Crippen molar-refractivity contribution in [2.75, 3.05) is 30.4 Å². The van der Waals surface area contributed by atoms with Crippen LogP contribution >= 0.6 is 23.5 Å². The summed E-state index contributed by atoms with van der Waals surface area (Å²) in [5.41, 5.74) is 5.34. The number of hydrogen-bond donors (Lipinski definition) is 3. The molecular formula is C49H54FN3O5S2. The van der Waals surface area contributed by atoms with Gasteiger partial charge in [-0.05, 0) is 111 Å². The maximum Gasteiger partial charge on any atom is 0.410 e. The summed E-state index contributed by atoms with van der Waals surface area (Å²) in [5, 5.41) is 16.2. The van der Waals surface area contributed by atoms with E-state index in [-0.39, 0.29) is 29.6 Å². The predicted molar refractivity (Wildman–Crippen MR) is 243 cm³/mol. The van der Waals surface area contributed by atoms with Crippen molar-refractivity contribution in [1.82, 2.24) is 10.2 Å². The number of anilines is 1. The molecular weight excluding hydrogens is 794 g/mol. The zero-order chi connectivity index (χ0) is 42.7. The summed E-state index contributed by atoms with van der Waals surface area (Å²) in [6, 6.07) is 41.9. The summed E-state index contributed by atoms with van der Waals surface area (Å²) in [5.74, 6) is -1.32. The van der Waals surface area contributed by atoms with Crippen molar-refractivity contribution < 1.29 is 28.6 Å². The number of rotatable bonds is 17. The summed E-state index contributed by atoms with van der Waals surface area (Å²) in [6.45, 7) is 6.45. The van der Waals surface area contributed by atoms with Crippen LogP contribution in [0.25, 0.3) is 0 Å². The Morgan fingerprint density at radius 3 is 1.95 bits per heavy atom. The predicted octanol–water partition coefficient (Wildman–Crippen LogP) is 10.1. The van der Waals surface area contributed by atoms with Gasteiger partial charge in [0.25, 0.3) is 5.91 Å². The quantitative estimate of drug-likeness (QED) is 0.0795. The third-order valence-corrected chi connectivity index (χ3v) is 13.2. The Hall–Kier alpha value is -5.26. The van der Waals surface area contributed by atoms with Gasteiger partial charge in [-0.15, -0.1) is 11.8 Å². The number of carbonyl (C=O) groups excluding carboxylic acids is 2. The van der Waals surface area contributed by atoms with Crippen molar-refractivity contribution in [3.05, 3.63) is 173 Å². The molecule has 0 aliphatic carbocycles. The van der Waals surface area contributed by atoms with Gasteiger partial charge in [-0.3, -0.25) is 4.79 Å². The van der Waals surface area contributed by atoms with Gasteiger partial charge < -0.3 is 25.4 Å². The smallest absolute Gasteiger partial charge is 0.410 e. The first-order chi connectivity index (χ1) is 28.9. The molecule has 0 unspecified atom stereocenters. The molecule has 6 rings (SSSR count). The van der Waals surface area contributed by atoms with Crippen LogP contribution in [-0.2, 0) is 27.1 Å². The lowest BCUT2D eigenvalue weighted by Crippen LogP contribution is -2.46. The van der Waals surface area contributed by atoms with E-state index in [1.54, 1.807) is 18.2 Å². The van der Waals surface area contributed by atoms with E-state index in [2.05, 4.69) is 83.4 Å². The first-order valence-electron chi connectivity index (χ1n) is 20.4. The number of amides is 2. The van der Waals surface area contributed by atoms with Gasteiger partial charge in [0.15, 0.2) is 0 Å². The first-order valence-corrected chi connectivity index (χ1v) is 22.6. The average molecular weight is 848 g/mol. The molecule has 1 heterocycles. The van der Waals surface area contributed by atoms with E-state index >= 15 is 0 Å². The van der Waals surface area contributed by atoms with Crippen LogP contribution < -0.4 is 10.6 Å². The number of carbonyl (C=O) groups is 3. The maximum absolute atomic E-state index is 14.0. The van der Waals surface area contributed by atoms with Crippen LogP contribution in [-0.4, -0.2) is 76.0 Å². The highest BCUT2D eigenvalue weighted by Gasteiger charge is 2.46. The van der Waals surface area contributed by atoms with E-state index in [1.807, 2.05) is 74.0 Å². The number of nitrogens with zero attached hydrogens (tertiary/aromatic N) is 1. The number of halogens is 1. The van der Waals surface area contributed by atoms with Crippen LogP contribution in [0.15, 0.2) is 133 Å². The summed E-state index contributed by atoms with van der Waals surface area (Å²) < 4.78 is 19.0. The van der Waals surface area contributed by atoms with E-state index in [0.29, 0.717) is 49.4 Å². The second kappa shape index (κ2) is 20.3. The molecule has 2 amide bonds. The van der Waals surface area contributed by atoms with Gasteiger partial charge >= 0.3 is 12.1 Å². The van der Waals surface area contributed by atoms with E-state index in [1.165, 1.54) is 23.9 Å². The molecule has 0 bridgehead atoms. The Morgan fingerprint density at radius 2 is 1.42 bits per heavy atom. The minimum Gasteiger partial charge on any atom is -0.480 e. The van der Waals surface area contributed by atoms with E-state index < -0.39 is 28.3 Å². The van der Waals surface area contributed by atoms with Crippen LogP contribution in [0.4, 0.5) is 14.9 Å². The molecule has 1 saturated heterocycles. The highest BCUT2D eigenvalue weighted by Crippen LogP contribution is 2.52. The van der Waals surface area contributed by atoms with E-state index in [9.17, 15) is 23.9 Å². The van der Waals surface area contributed by atoms with Gasteiger partial charge in [0.2, 0.25) is 0 Å². The minimum absolute atomic E-state index is 0.0591. The van der Waals surface area contributed by atoms with Crippen LogP contribution in [0.2, 0.25) is 0 Å². The van der Waals surface area contributed by atoms with Crippen LogP contribution in [0.3, 0.4) is 0 Å². The Morgan fingerprint density at radius 1 is 0.833 bits per heavy atom. The minimum atomic E-state index is -1.09. The van der Waals surface area contributed by atoms with Gasteiger partial charge in [-0.2, -0.15) is 11.8 Å². The maximum atomic E-state index is 14.0. The number of benzene rings is 5. The number of ether oxygens (including phenoxy) is 1. The molecule has 314 valence electrons. The Labute approximate surface area is 361 Å². The molecule has 1 aliphatic heterocycles. The van der Waals surface area contributed by atoms with Crippen molar-refractivity contribution >= 4 is 47.2 Å². The number of nitrogens with one attached hydrogen (secondary N) is 2. The fourth-order valence-electron chi connectivity index (χ4n) is 7.70. The van der Waals surface area contributed by atoms with Crippen molar-refractivity contribution in [3.63, 3.8) is 0 Å². The van der Waals surface area contributed by atoms with Crippen LogP contribution in [0.1, 0.15) is 71.8 Å². The molecule has 11 heteroatoms. The molecule has 5 aromatic rings. The number of aliphatic carboxylic acids is 1. The number of carboxylic acid groups (broad SMARTS) is 1. The monoisotopic (exact) mass is 847 g/mol. The second-order valence-corrected chi connectivity index (χ2v) is 18.4. The average Bonchev–Trinajstić information content (AvgIpc) is 3.65. The third-order valence-electron chi connectivity index (χ3n) is 10.7. The first kappa shape index (κ1) is 44.3. The number of hydrogen-bond acceptors (Lipinski definition) is 7. The van der Waals surface area contributed by atoms with Gasteiger partial charge in [0.05, 0.1) is 10.8 Å². The lowest BCUT2D eigenvalue weighted by Gasteiger charge is -2.39. The lowest BCUT2D eigenvalue weighted by molar-refractivity contribution is -0.139. The number of aryl methyl sites for hydroxylation is 2. The van der Waals surface area contributed by atoms with Gasteiger partial charge in [-0.1, -0.05) is 109 Å². The Balaban J connectivity index is 1.35. The number of likely N-dealkylation sites (tertiary alicyclic amines) is 1. The molecule has 0 spiro atoms. The lowest BCUT2D eigenvalue weighted by atomic mass is 9.84. The topological polar surface area (TPSA) is 108 Å². The second-order valence-electron chi connectivity index (χ2n) is 16.0. The molecule has 0 aromatic heterocycles. The van der Waals surface area contributed by atoms with Crippen molar-refractivity contribution in [3.8, 4) is 0 Å². The third kappa shape index (κ3) is 11.1. The van der Waals surface area contributed by atoms with Crippen LogP contribution in [0, 0.1) is 5.82 Å². The summed E-state index contributed by atoms with van der Waals surface area (Å²) in [6.07, 6.45) is 3.54. The largest absolute Gasteiger partial charge is 0.480 e. The number of carboxylic acids is 1. The molecule has 0 radical (unpaired) electrons. The van der Waals surface area contributed by atoms with E-state index in [4.69, 9.17) is 4.74 Å². The van der Waals surface area contributed by atoms with E-state index in [0.717, 1.165) is 27.8 Å². The molecule has 1 fully saturated rings. The fraction of sp³-hybridized carbons (Fsp3) is 0.327. The Bertz CT molecular complexity index is 2090. The van der Waals surface area contributed by atoms with Crippen LogP contribution in [0.5, 0.6) is 0 Å². The van der Waals surface area contributed by atoms with Crippen molar-refractivity contribution in [1.29, 1.82) is 0 Å².